The molecule has 236 valence electrons. The third kappa shape index (κ3) is 8.45. The van der Waals surface area contributed by atoms with Crippen LogP contribution in [0.15, 0.2) is 102 Å². The Balaban J connectivity index is 1.84. The van der Waals surface area contributed by atoms with Gasteiger partial charge in [-0.3, -0.25) is 13.9 Å². The lowest BCUT2D eigenvalue weighted by atomic mass is 10.0. The van der Waals surface area contributed by atoms with Crippen LogP contribution in [0.2, 0.25) is 10.0 Å². The minimum Gasteiger partial charge on any atom is -0.354 e. The second kappa shape index (κ2) is 15.4. The fourth-order valence-corrected chi connectivity index (χ4v) is 6.96. The molecule has 4 rings (SSSR count). The maximum Gasteiger partial charge on any atom is 0.264 e. The molecule has 0 heterocycles. The predicted molar refractivity (Wildman–Crippen MR) is 181 cm³/mol. The molecule has 4 aromatic carbocycles. The van der Waals surface area contributed by atoms with Crippen molar-refractivity contribution in [3.8, 4) is 0 Å². The molecule has 0 aliphatic heterocycles. The van der Waals surface area contributed by atoms with Crippen molar-refractivity contribution >= 4 is 50.7 Å². The summed E-state index contributed by atoms with van der Waals surface area (Å²) in [6.45, 7) is 5.34. The Hall–Kier alpha value is -3.85. The second-order valence-electron chi connectivity index (χ2n) is 10.8. The van der Waals surface area contributed by atoms with Crippen molar-refractivity contribution in [2.45, 2.75) is 51.1 Å². The van der Waals surface area contributed by atoms with Gasteiger partial charge >= 0.3 is 0 Å². The molecule has 0 aliphatic rings. The summed E-state index contributed by atoms with van der Waals surface area (Å²) in [6, 6.07) is 26.9. The molecule has 1 N–H and O–H groups in total. The first kappa shape index (κ1) is 34.0. The summed E-state index contributed by atoms with van der Waals surface area (Å²) in [7, 11) is -4.20. The Morgan fingerprint density at radius 3 is 2.07 bits per heavy atom. The van der Waals surface area contributed by atoms with Crippen LogP contribution in [0.4, 0.5) is 5.69 Å². The topological polar surface area (TPSA) is 86.8 Å². The van der Waals surface area contributed by atoms with Crippen molar-refractivity contribution in [3.05, 3.63) is 129 Å². The smallest absolute Gasteiger partial charge is 0.264 e. The van der Waals surface area contributed by atoms with E-state index in [1.807, 2.05) is 44.2 Å². The molecule has 4 aromatic rings. The number of nitrogens with zero attached hydrogens (tertiary/aromatic N) is 2. The lowest BCUT2D eigenvalue weighted by molar-refractivity contribution is -0.140. The number of hydrogen-bond acceptors (Lipinski definition) is 4. The SMILES string of the molecule is CCCNC(=O)[C@H](Cc1ccccc1)N(Cc1c(Cl)cccc1Cl)C(=O)CN(c1ccccc1C)S(=O)(=O)c1ccc(C)cc1. The first-order valence-corrected chi connectivity index (χ1v) is 16.9. The van der Waals surface area contributed by atoms with Crippen LogP contribution in [0.1, 0.15) is 35.6 Å². The van der Waals surface area contributed by atoms with Crippen molar-refractivity contribution < 1.29 is 18.0 Å². The highest BCUT2D eigenvalue weighted by atomic mass is 35.5. The predicted octanol–water partition coefficient (Wildman–Crippen LogP) is 6.97. The van der Waals surface area contributed by atoms with Gasteiger partial charge in [0.1, 0.15) is 12.6 Å². The van der Waals surface area contributed by atoms with E-state index in [1.165, 1.54) is 17.0 Å². The lowest BCUT2D eigenvalue weighted by Gasteiger charge is -2.34. The number of anilines is 1. The first-order valence-electron chi connectivity index (χ1n) is 14.7. The number of carbonyl (C=O) groups excluding carboxylic acids is 2. The van der Waals surface area contributed by atoms with E-state index in [-0.39, 0.29) is 23.8 Å². The third-order valence-electron chi connectivity index (χ3n) is 7.48. The molecular formula is C35H37Cl2N3O4S. The van der Waals surface area contributed by atoms with Crippen LogP contribution in [-0.4, -0.2) is 44.3 Å². The number of halogens is 2. The largest absolute Gasteiger partial charge is 0.354 e. The molecule has 0 spiro atoms. The zero-order valence-electron chi connectivity index (χ0n) is 25.5. The van der Waals surface area contributed by atoms with Gasteiger partial charge in [0, 0.05) is 35.1 Å². The van der Waals surface area contributed by atoms with Crippen LogP contribution >= 0.6 is 23.2 Å². The normalized spacial score (nSPS) is 11.9. The molecule has 0 fully saturated rings. The van der Waals surface area contributed by atoms with Crippen molar-refractivity contribution in [3.63, 3.8) is 0 Å². The number of amides is 2. The Morgan fingerprint density at radius 2 is 1.44 bits per heavy atom. The maximum absolute atomic E-state index is 14.6. The molecule has 7 nitrogen and oxygen atoms in total. The number of aryl methyl sites for hydroxylation is 2. The highest BCUT2D eigenvalue weighted by molar-refractivity contribution is 7.92. The number of benzene rings is 4. The number of sulfonamides is 1. The zero-order valence-corrected chi connectivity index (χ0v) is 27.9. The van der Waals surface area contributed by atoms with Gasteiger partial charge in [0.2, 0.25) is 11.8 Å². The van der Waals surface area contributed by atoms with Gasteiger partial charge in [0.15, 0.2) is 0 Å². The summed E-state index contributed by atoms with van der Waals surface area (Å²) >= 11 is 13.1. The number of carbonyl (C=O) groups is 2. The minimum absolute atomic E-state index is 0.0476. The summed E-state index contributed by atoms with van der Waals surface area (Å²) in [5.41, 5.74) is 3.22. The molecule has 0 radical (unpaired) electrons. The molecule has 0 unspecified atom stereocenters. The minimum atomic E-state index is -4.20. The van der Waals surface area contributed by atoms with Gasteiger partial charge in [-0.15, -0.1) is 0 Å². The third-order valence-corrected chi connectivity index (χ3v) is 9.96. The summed E-state index contributed by atoms with van der Waals surface area (Å²) in [5, 5.41) is 3.59. The van der Waals surface area contributed by atoms with Gasteiger partial charge in [0.25, 0.3) is 10.0 Å². The Bertz CT molecular complexity index is 1710. The monoisotopic (exact) mass is 665 g/mol. The fourth-order valence-electron chi connectivity index (χ4n) is 4.97. The van der Waals surface area contributed by atoms with Crippen molar-refractivity contribution in [1.82, 2.24) is 10.2 Å². The Kier molecular flexibility index (Phi) is 11.7. The molecule has 0 bridgehead atoms. The maximum atomic E-state index is 14.6. The molecule has 2 amide bonds. The number of hydrogen-bond donors (Lipinski definition) is 1. The van der Waals surface area contributed by atoms with Crippen LogP contribution in [0, 0.1) is 13.8 Å². The molecule has 0 aliphatic carbocycles. The van der Waals surface area contributed by atoms with Gasteiger partial charge in [0.05, 0.1) is 10.6 Å². The van der Waals surface area contributed by atoms with E-state index in [4.69, 9.17) is 23.2 Å². The molecule has 10 heteroatoms. The van der Waals surface area contributed by atoms with Crippen LogP contribution in [-0.2, 0) is 32.6 Å². The molecule has 1 atom stereocenters. The van der Waals surface area contributed by atoms with Gasteiger partial charge in [-0.25, -0.2) is 8.42 Å². The first-order chi connectivity index (χ1) is 21.5. The summed E-state index contributed by atoms with van der Waals surface area (Å²) in [4.78, 5) is 29.8. The Morgan fingerprint density at radius 1 is 0.822 bits per heavy atom. The second-order valence-corrected chi connectivity index (χ2v) is 13.5. The van der Waals surface area contributed by atoms with Gasteiger partial charge in [-0.2, -0.15) is 0 Å². The van der Waals surface area contributed by atoms with Crippen LogP contribution < -0.4 is 9.62 Å². The zero-order chi connectivity index (χ0) is 32.6. The highest BCUT2D eigenvalue weighted by Crippen LogP contribution is 2.30. The van der Waals surface area contributed by atoms with Crippen molar-refractivity contribution in [2.24, 2.45) is 0 Å². The molecule has 45 heavy (non-hydrogen) atoms. The average molecular weight is 667 g/mol. The molecule has 0 saturated carbocycles. The molecule has 0 saturated heterocycles. The van der Waals surface area contributed by atoms with Crippen LogP contribution in [0.3, 0.4) is 0 Å². The van der Waals surface area contributed by atoms with E-state index in [0.717, 1.165) is 15.4 Å². The molecular weight excluding hydrogens is 629 g/mol. The van der Waals surface area contributed by atoms with E-state index >= 15 is 0 Å². The molecule has 0 aromatic heterocycles. The van der Waals surface area contributed by atoms with Gasteiger partial charge in [-0.05, 0) is 61.7 Å². The van der Waals surface area contributed by atoms with Crippen LogP contribution in [0.25, 0.3) is 0 Å². The number of nitrogens with one attached hydrogen (secondary N) is 1. The quantitative estimate of drug-likeness (QED) is 0.167. The fraction of sp³-hybridized carbons (Fsp3) is 0.257. The highest BCUT2D eigenvalue weighted by Gasteiger charge is 2.35. The lowest BCUT2D eigenvalue weighted by Crippen LogP contribution is -2.53. The van der Waals surface area contributed by atoms with E-state index in [1.54, 1.807) is 61.5 Å². The van der Waals surface area contributed by atoms with Crippen LogP contribution in [0.5, 0.6) is 0 Å². The van der Waals surface area contributed by atoms with E-state index in [2.05, 4.69) is 5.32 Å². The van der Waals surface area contributed by atoms with Crippen molar-refractivity contribution in [1.29, 1.82) is 0 Å². The summed E-state index contributed by atoms with van der Waals surface area (Å²) in [6.07, 6.45) is 0.892. The number of para-hydroxylation sites is 1. The number of rotatable bonds is 13. The Labute approximate surface area is 275 Å². The average Bonchev–Trinajstić information content (AvgIpc) is 3.02. The van der Waals surface area contributed by atoms with E-state index in [9.17, 15) is 18.0 Å². The summed E-state index contributed by atoms with van der Waals surface area (Å²) in [5.74, 6) is -0.946. The van der Waals surface area contributed by atoms with E-state index in [0.29, 0.717) is 39.8 Å². The standard InChI is InChI=1S/C35H37Cl2N3O4S/c1-4-21-38-35(42)33(22-27-12-6-5-7-13-27)39(23-29-30(36)14-10-15-31(29)37)34(41)24-40(32-16-9-8-11-26(32)3)45(43,44)28-19-17-25(2)18-20-28/h5-20,33H,4,21-24H2,1-3H3,(H,38,42)/t33-/m0/s1. The van der Waals surface area contributed by atoms with Gasteiger partial charge in [-0.1, -0.05) is 102 Å². The van der Waals surface area contributed by atoms with Gasteiger partial charge < -0.3 is 10.2 Å². The van der Waals surface area contributed by atoms with Crippen molar-refractivity contribution in [2.75, 3.05) is 17.4 Å². The van der Waals surface area contributed by atoms with E-state index < -0.39 is 28.5 Å². The summed E-state index contributed by atoms with van der Waals surface area (Å²) < 4.78 is 29.5.